The van der Waals surface area contributed by atoms with Crippen molar-refractivity contribution in [2.24, 2.45) is 5.73 Å². The van der Waals surface area contributed by atoms with Gasteiger partial charge in [-0.05, 0) is 25.0 Å². The van der Waals surface area contributed by atoms with E-state index in [0.29, 0.717) is 0 Å². The van der Waals surface area contributed by atoms with Gasteiger partial charge in [0.1, 0.15) is 0 Å². The van der Waals surface area contributed by atoms with Gasteiger partial charge in [-0.25, -0.2) is 4.79 Å². The van der Waals surface area contributed by atoms with Crippen LogP contribution in [0.3, 0.4) is 0 Å². The molecule has 1 aliphatic rings. The highest BCUT2D eigenvalue weighted by molar-refractivity contribution is 5.72. The van der Waals surface area contributed by atoms with E-state index in [1.54, 1.807) is 0 Å². The Bertz CT molecular complexity index is 345. The number of rotatable bonds is 2. The number of benzene rings is 1. The second-order valence-electron chi connectivity index (χ2n) is 4.11. The average molecular weight is 219 g/mol. The van der Waals surface area contributed by atoms with E-state index >= 15 is 0 Å². The Hall–Kier alpha value is -1.71. The topological polar surface area (TPSA) is 58.4 Å². The average Bonchev–Trinajstić information content (AvgIpc) is 2.30. The number of hydrogen-bond acceptors (Lipinski definition) is 2. The third kappa shape index (κ3) is 2.66. The predicted molar refractivity (Wildman–Crippen MR) is 64.4 cm³/mol. The van der Waals surface area contributed by atoms with Crippen molar-refractivity contribution in [1.29, 1.82) is 0 Å². The van der Waals surface area contributed by atoms with Gasteiger partial charge < -0.3 is 16.0 Å². The summed E-state index contributed by atoms with van der Waals surface area (Å²) < 4.78 is 0. The van der Waals surface area contributed by atoms with Crippen LogP contribution in [-0.2, 0) is 0 Å². The third-order valence-corrected chi connectivity index (χ3v) is 2.96. The van der Waals surface area contributed by atoms with Gasteiger partial charge >= 0.3 is 6.03 Å². The first kappa shape index (κ1) is 10.8. The molecule has 0 unspecified atom stereocenters. The van der Waals surface area contributed by atoms with Crippen LogP contribution in [0.1, 0.15) is 12.8 Å². The standard InChI is InChI=1S/C12H17N3O/c13-12(16)14-10-6-8-15(9-7-10)11-4-2-1-3-5-11/h1-5,10H,6-9H2,(H3,13,14,16). The zero-order valence-corrected chi connectivity index (χ0v) is 9.23. The molecule has 1 aromatic rings. The number of piperidine rings is 1. The zero-order valence-electron chi connectivity index (χ0n) is 9.23. The van der Waals surface area contributed by atoms with Crippen LogP contribution >= 0.6 is 0 Å². The lowest BCUT2D eigenvalue weighted by molar-refractivity contribution is 0.242. The van der Waals surface area contributed by atoms with Crippen LogP contribution in [-0.4, -0.2) is 25.2 Å². The molecule has 3 N–H and O–H groups in total. The number of nitrogens with zero attached hydrogens (tertiary/aromatic N) is 1. The third-order valence-electron chi connectivity index (χ3n) is 2.96. The normalized spacial score (nSPS) is 17.1. The number of anilines is 1. The fourth-order valence-electron chi connectivity index (χ4n) is 2.12. The molecule has 4 nitrogen and oxygen atoms in total. The molecular formula is C12H17N3O. The number of nitrogens with one attached hydrogen (secondary N) is 1. The molecule has 0 radical (unpaired) electrons. The minimum absolute atomic E-state index is 0.234. The van der Waals surface area contributed by atoms with Gasteiger partial charge in [0.25, 0.3) is 0 Å². The van der Waals surface area contributed by atoms with Gasteiger partial charge in [0, 0.05) is 24.8 Å². The Morgan fingerprint density at radius 3 is 2.44 bits per heavy atom. The van der Waals surface area contributed by atoms with Crippen LogP contribution in [0.5, 0.6) is 0 Å². The number of hydrogen-bond donors (Lipinski definition) is 2. The first-order valence-electron chi connectivity index (χ1n) is 5.61. The van der Waals surface area contributed by atoms with Crippen molar-refractivity contribution in [3.63, 3.8) is 0 Å². The summed E-state index contributed by atoms with van der Waals surface area (Å²) in [6.07, 6.45) is 1.91. The van der Waals surface area contributed by atoms with Crippen molar-refractivity contribution in [3.8, 4) is 0 Å². The van der Waals surface area contributed by atoms with Crippen LogP contribution < -0.4 is 16.0 Å². The molecule has 2 rings (SSSR count). The molecule has 2 amide bonds. The van der Waals surface area contributed by atoms with Crippen molar-refractivity contribution in [1.82, 2.24) is 5.32 Å². The van der Waals surface area contributed by atoms with Crippen molar-refractivity contribution in [2.45, 2.75) is 18.9 Å². The van der Waals surface area contributed by atoms with E-state index in [9.17, 15) is 4.79 Å². The Morgan fingerprint density at radius 2 is 1.88 bits per heavy atom. The predicted octanol–water partition coefficient (Wildman–Crippen LogP) is 1.32. The molecule has 0 atom stereocenters. The minimum Gasteiger partial charge on any atom is -0.371 e. The summed E-state index contributed by atoms with van der Waals surface area (Å²) in [5, 5.41) is 2.77. The lowest BCUT2D eigenvalue weighted by Crippen LogP contribution is -2.46. The number of urea groups is 1. The fourth-order valence-corrected chi connectivity index (χ4v) is 2.12. The van der Waals surface area contributed by atoms with Crippen LogP contribution in [0.25, 0.3) is 0 Å². The van der Waals surface area contributed by atoms with Gasteiger partial charge in [0.05, 0.1) is 0 Å². The lowest BCUT2D eigenvalue weighted by atomic mass is 10.0. The number of para-hydroxylation sites is 1. The first-order valence-corrected chi connectivity index (χ1v) is 5.61. The van der Waals surface area contributed by atoms with Gasteiger partial charge in [-0.3, -0.25) is 0 Å². The second kappa shape index (κ2) is 4.88. The maximum Gasteiger partial charge on any atom is 0.312 e. The summed E-state index contributed by atoms with van der Waals surface area (Å²) in [5.41, 5.74) is 6.36. The van der Waals surface area contributed by atoms with E-state index in [0.717, 1.165) is 25.9 Å². The van der Waals surface area contributed by atoms with Gasteiger partial charge in [-0.1, -0.05) is 18.2 Å². The van der Waals surface area contributed by atoms with Gasteiger partial charge in [-0.15, -0.1) is 0 Å². The van der Waals surface area contributed by atoms with E-state index in [1.807, 2.05) is 18.2 Å². The van der Waals surface area contributed by atoms with Crippen molar-refractivity contribution < 1.29 is 4.79 Å². The van der Waals surface area contributed by atoms with Crippen LogP contribution in [0.4, 0.5) is 10.5 Å². The summed E-state index contributed by atoms with van der Waals surface area (Å²) in [6.45, 7) is 1.93. The minimum atomic E-state index is -0.418. The Morgan fingerprint density at radius 1 is 1.25 bits per heavy atom. The Balaban J connectivity index is 1.88. The SMILES string of the molecule is NC(=O)NC1CCN(c2ccccc2)CC1. The molecule has 1 fully saturated rings. The largest absolute Gasteiger partial charge is 0.371 e. The monoisotopic (exact) mass is 219 g/mol. The van der Waals surface area contributed by atoms with E-state index in [-0.39, 0.29) is 6.04 Å². The smallest absolute Gasteiger partial charge is 0.312 e. The van der Waals surface area contributed by atoms with E-state index in [1.165, 1.54) is 5.69 Å². The molecule has 0 aliphatic carbocycles. The van der Waals surface area contributed by atoms with Gasteiger partial charge in [-0.2, -0.15) is 0 Å². The highest BCUT2D eigenvalue weighted by Gasteiger charge is 2.19. The molecule has 16 heavy (non-hydrogen) atoms. The molecule has 0 aromatic heterocycles. The van der Waals surface area contributed by atoms with Crippen LogP contribution in [0.15, 0.2) is 30.3 Å². The Labute approximate surface area is 95.4 Å². The summed E-state index contributed by atoms with van der Waals surface area (Å²) in [4.78, 5) is 13.0. The zero-order chi connectivity index (χ0) is 11.4. The molecule has 0 spiro atoms. The fraction of sp³-hybridized carbons (Fsp3) is 0.417. The molecular weight excluding hydrogens is 202 g/mol. The molecule has 1 aromatic carbocycles. The van der Waals surface area contributed by atoms with Crippen molar-refractivity contribution in [2.75, 3.05) is 18.0 Å². The number of nitrogens with two attached hydrogens (primary N) is 1. The summed E-state index contributed by atoms with van der Waals surface area (Å²) in [6, 6.07) is 10.1. The maximum absolute atomic E-state index is 10.7. The van der Waals surface area contributed by atoms with Crippen LogP contribution in [0, 0.1) is 0 Å². The van der Waals surface area contributed by atoms with E-state index < -0.39 is 6.03 Å². The quantitative estimate of drug-likeness (QED) is 0.788. The van der Waals surface area contributed by atoms with Crippen molar-refractivity contribution >= 4 is 11.7 Å². The second-order valence-corrected chi connectivity index (χ2v) is 4.11. The summed E-state index contributed by atoms with van der Waals surface area (Å²) in [5.74, 6) is 0. The number of carbonyl (C=O) groups is 1. The highest BCUT2D eigenvalue weighted by Crippen LogP contribution is 2.19. The van der Waals surface area contributed by atoms with E-state index in [4.69, 9.17) is 5.73 Å². The number of primary amides is 1. The Kier molecular flexibility index (Phi) is 3.29. The number of carbonyl (C=O) groups excluding carboxylic acids is 1. The highest BCUT2D eigenvalue weighted by atomic mass is 16.2. The summed E-state index contributed by atoms with van der Waals surface area (Å²) in [7, 11) is 0. The van der Waals surface area contributed by atoms with Gasteiger partial charge in [0.15, 0.2) is 0 Å². The number of amides is 2. The molecule has 4 heteroatoms. The molecule has 0 saturated carbocycles. The van der Waals surface area contributed by atoms with Crippen molar-refractivity contribution in [3.05, 3.63) is 30.3 Å². The van der Waals surface area contributed by atoms with Crippen LogP contribution in [0.2, 0.25) is 0 Å². The molecule has 0 bridgehead atoms. The van der Waals surface area contributed by atoms with E-state index in [2.05, 4.69) is 22.3 Å². The lowest BCUT2D eigenvalue weighted by Gasteiger charge is -2.33. The van der Waals surface area contributed by atoms with Gasteiger partial charge in [0.2, 0.25) is 0 Å². The summed E-state index contributed by atoms with van der Waals surface area (Å²) >= 11 is 0. The first-order chi connectivity index (χ1) is 7.75. The molecule has 1 aliphatic heterocycles. The molecule has 1 saturated heterocycles. The maximum atomic E-state index is 10.7. The molecule has 1 heterocycles. The molecule has 86 valence electrons.